The van der Waals surface area contributed by atoms with Crippen molar-refractivity contribution < 1.29 is 19.4 Å². The summed E-state index contributed by atoms with van der Waals surface area (Å²) in [4.78, 5) is 27.7. The van der Waals surface area contributed by atoms with E-state index >= 15 is 0 Å². The Morgan fingerprint density at radius 3 is 2.58 bits per heavy atom. The minimum atomic E-state index is -1.10. The standard InChI is InChI=1S/C17H23N3O4/c1-17(2,3)24-16(23)19-12(15(21)22)9-10-14-18-11-7-5-6-8-13(11)20(14)4/h5-8,12H,9-10H2,1-4H3,(H,19,23)(H,21,22)/t12-/m0/s1. The fraction of sp³-hybridized carbons (Fsp3) is 0.471. The second kappa shape index (κ2) is 6.90. The predicted octanol–water partition coefficient (Wildman–Crippen LogP) is 2.48. The zero-order chi connectivity index (χ0) is 17.9. The Bertz CT molecular complexity index is 746. The van der Waals surface area contributed by atoms with E-state index in [1.54, 1.807) is 20.8 Å². The van der Waals surface area contributed by atoms with Gasteiger partial charge in [-0.3, -0.25) is 0 Å². The molecular formula is C17H23N3O4. The summed E-state index contributed by atoms with van der Waals surface area (Å²) in [5.74, 6) is -0.326. The zero-order valence-electron chi connectivity index (χ0n) is 14.4. The van der Waals surface area contributed by atoms with Gasteiger partial charge in [0.2, 0.25) is 0 Å². The summed E-state index contributed by atoms with van der Waals surface area (Å²) in [6.45, 7) is 5.17. The van der Waals surface area contributed by atoms with Crippen LogP contribution in [-0.4, -0.2) is 38.4 Å². The van der Waals surface area contributed by atoms with Crippen LogP contribution in [0.4, 0.5) is 4.79 Å². The Morgan fingerprint density at radius 2 is 2.00 bits per heavy atom. The number of ether oxygens (including phenoxy) is 1. The molecule has 0 saturated carbocycles. The molecule has 0 spiro atoms. The number of carbonyl (C=O) groups excluding carboxylic acids is 1. The molecule has 0 saturated heterocycles. The maximum absolute atomic E-state index is 11.8. The molecule has 2 N–H and O–H groups in total. The fourth-order valence-electron chi connectivity index (χ4n) is 2.40. The molecule has 1 atom stereocenters. The highest BCUT2D eigenvalue weighted by Gasteiger charge is 2.24. The number of rotatable bonds is 5. The summed E-state index contributed by atoms with van der Waals surface area (Å²) >= 11 is 0. The van der Waals surface area contributed by atoms with Crippen molar-refractivity contribution in [3.63, 3.8) is 0 Å². The number of aliphatic carboxylic acids is 1. The number of aromatic nitrogens is 2. The average Bonchev–Trinajstić information content (AvgIpc) is 2.78. The van der Waals surface area contributed by atoms with E-state index in [0.717, 1.165) is 16.9 Å². The summed E-state index contributed by atoms with van der Waals surface area (Å²) in [6.07, 6.45) is -0.0798. The Hall–Kier alpha value is -2.57. The minimum Gasteiger partial charge on any atom is -0.480 e. The molecule has 0 unspecified atom stereocenters. The van der Waals surface area contributed by atoms with E-state index in [9.17, 15) is 14.7 Å². The van der Waals surface area contributed by atoms with Gasteiger partial charge < -0.3 is 19.7 Å². The molecule has 0 aliphatic rings. The number of alkyl carbamates (subject to hydrolysis) is 1. The van der Waals surface area contributed by atoms with Crippen LogP contribution < -0.4 is 5.32 Å². The van der Waals surface area contributed by atoms with Crippen molar-refractivity contribution in [2.24, 2.45) is 7.05 Å². The quantitative estimate of drug-likeness (QED) is 0.877. The number of para-hydroxylation sites is 2. The molecule has 7 heteroatoms. The third-order valence-corrected chi connectivity index (χ3v) is 3.53. The smallest absolute Gasteiger partial charge is 0.408 e. The number of carbonyl (C=O) groups is 2. The SMILES string of the molecule is Cn1c(CC[C@H](NC(=O)OC(C)(C)C)C(=O)O)nc2ccccc21. The van der Waals surface area contributed by atoms with E-state index in [1.165, 1.54) is 0 Å². The molecule has 1 aromatic heterocycles. The second-order valence-electron chi connectivity index (χ2n) is 6.65. The highest BCUT2D eigenvalue weighted by atomic mass is 16.6. The van der Waals surface area contributed by atoms with Crippen LogP contribution in [0, 0.1) is 0 Å². The van der Waals surface area contributed by atoms with E-state index < -0.39 is 23.7 Å². The summed E-state index contributed by atoms with van der Waals surface area (Å²) in [5, 5.41) is 11.7. The number of benzene rings is 1. The van der Waals surface area contributed by atoms with Crippen LogP contribution in [0.5, 0.6) is 0 Å². The Balaban J connectivity index is 2.04. The lowest BCUT2D eigenvalue weighted by Gasteiger charge is -2.22. The van der Waals surface area contributed by atoms with Gasteiger partial charge in [-0.2, -0.15) is 0 Å². The Kier molecular flexibility index (Phi) is 5.11. The number of aryl methyl sites for hydroxylation is 2. The van der Waals surface area contributed by atoms with E-state index in [4.69, 9.17) is 4.74 Å². The number of carboxylic acids is 1. The first-order valence-electron chi connectivity index (χ1n) is 7.80. The lowest BCUT2D eigenvalue weighted by atomic mass is 10.1. The number of imidazole rings is 1. The van der Waals surface area contributed by atoms with Crippen molar-refractivity contribution in [3.8, 4) is 0 Å². The summed E-state index contributed by atoms with van der Waals surface area (Å²) in [6, 6.07) is 6.67. The number of fused-ring (bicyclic) bond motifs is 1. The molecular weight excluding hydrogens is 310 g/mol. The number of amides is 1. The van der Waals surface area contributed by atoms with Crippen LogP contribution in [0.3, 0.4) is 0 Å². The normalized spacial score (nSPS) is 12.8. The van der Waals surface area contributed by atoms with Crippen molar-refractivity contribution in [1.29, 1.82) is 0 Å². The van der Waals surface area contributed by atoms with Crippen LogP contribution in [0.25, 0.3) is 11.0 Å². The largest absolute Gasteiger partial charge is 0.480 e. The molecule has 1 aromatic carbocycles. The van der Waals surface area contributed by atoms with Crippen LogP contribution in [0.2, 0.25) is 0 Å². The molecule has 7 nitrogen and oxygen atoms in total. The van der Waals surface area contributed by atoms with Crippen molar-refractivity contribution in [1.82, 2.24) is 14.9 Å². The monoisotopic (exact) mass is 333 g/mol. The number of nitrogens with one attached hydrogen (secondary N) is 1. The van der Waals surface area contributed by atoms with Gasteiger partial charge in [-0.05, 0) is 39.3 Å². The van der Waals surface area contributed by atoms with Crippen molar-refractivity contribution in [2.75, 3.05) is 0 Å². The van der Waals surface area contributed by atoms with Gasteiger partial charge in [0.1, 0.15) is 17.5 Å². The maximum atomic E-state index is 11.8. The first-order valence-corrected chi connectivity index (χ1v) is 7.80. The van der Waals surface area contributed by atoms with E-state index in [1.807, 2.05) is 35.9 Å². The van der Waals surface area contributed by atoms with E-state index in [0.29, 0.717) is 6.42 Å². The summed E-state index contributed by atoms with van der Waals surface area (Å²) in [7, 11) is 1.89. The fourth-order valence-corrected chi connectivity index (χ4v) is 2.40. The molecule has 1 amide bonds. The number of nitrogens with zero attached hydrogens (tertiary/aromatic N) is 2. The highest BCUT2D eigenvalue weighted by molar-refractivity contribution is 5.80. The molecule has 0 aliphatic carbocycles. The van der Waals surface area contributed by atoms with Gasteiger partial charge in [0.05, 0.1) is 11.0 Å². The van der Waals surface area contributed by atoms with Gasteiger partial charge in [0.25, 0.3) is 0 Å². The maximum Gasteiger partial charge on any atom is 0.408 e. The average molecular weight is 333 g/mol. The first-order chi connectivity index (χ1) is 11.2. The molecule has 0 fully saturated rings. The lowest BCUT2D eigenvalue weighted by molar-refractivity contribution is -0.139. The highest BCUT2D eigenvalue weighted by Crippen LogP contribution is 2.16. The Labute approximate surface area is 140 Å². The van der Waals surface area contributed by atoms with Crippen molar-refractivity contribution >= 4 is 23.1 Å². The minimum absolute atomic E-state index is 0.228. The number of hydrogen-bond acceptors (Lipinski definition) is 4. The molecule has 2 rings (SSSR count). The van der Waals surface area contributed by atoms with Gasteiger partial charge in [0.15, 0.2) is 0 Å². The molecule has 0 bridgehead atoms. The van der Waals surface area contributed by atoms with Crippen LogP contribution in [0.1, 0.15) is 33.0 Å². The van der Waals surface area contributed by atoms with Gasteiger partial charge in [-0.15, -0.1) is 0 Å². The molecule has 1 heterocycles. The third kappa shape index (κ3) is 4.47. The molecule has 0 radical (unpaired) electrons. The van der Waals surface area contributed by atoms with Gasteiger partial charge in [-0.1, -0.05) is 12.1 Å². The molecule has 0 aliphatic heterocycles. The van der Waals surface area contributed by atoms with Crippen molar-refractivity contribution in [2.45, 2.75) is 45.3 Å². The summed E-state index contributed by atoms with van der Waals surface area (Å²) < 4.78 is 7.04. The number of carboxylic acid groups (broad SMARTS) is 1. The summed E-state index contributed by atoms with van der Waals surface area (Å²) in [5.41, 5.74) is 1.17. The van der Waals surface area contributed by atoms with Gasteiger partial charge in [0, 0.05) is 13.5 Å². The van der Waals surface area contributed by atoms with Crippen molar-refractivity contribution in [3.05, 3.63) is 30.1 Å². The van der Waals surface area contributed by atoms with Gasteiger partial charge in [-0.25, -0.2) is 14.6 Å². The molecule has 2 aromatic rings. The van der Waals surface area contributed by atoms with Crippen LogP contribution in [0.15, 0.2) is 24.3 Å². The van der Waals surface area contributed by atoms with E-state index in [2.05, 4.69) is 10.3 Å². The lowest BCUT2D eigenvalue weighted by Crippen LogP contribution is -2.43. The second-order valence-corrected chi connectivity index (χ2v) is 6.65. The van der Waals surface area contributed by atoms with Crippen LogP contribution in [-0.2, 0) is 23.0 Å². The Morgan fingerprint density at radius 1 is 1.33 bits per heavy atom. The van der Waals surface area contributed by atoms with Gasteiger partial charge >= 0.3 is 12.1 Å². The molecule has 24 heavy (non-hydrogen) atoms. The third-order valence-electron chi connectivity index (χ3n) is 3.53. The van der Waals surface area contributed by atoms with Crippen LogP contribution >= 0.6 is 0 Å². The number of hydrogen-bond donors (Lipinski definition) is 2. The zero-order valence-corrected chi connectivity index (χ0v) is 14.4. The predicted molar refractivity (Wildman–Crippen MR) is 89.8 cm³/mol. The topological polar surface area (TPSA) is 93.5 Å². The molecule has 130 valence electrons. The first kappa shape index (κ1) is 17.8. The van der Waals surface area contributed by atoms with E-state index in [-0.39, 0.29) is 6.42 Å².